The van der Waals surface area contributed by atoms with E-state index in [4.69, 9.17) is 0 Å². The molecule has 0 aliphatic carbocycles. The maximum atomic E-state index is 4.15. The summed E-state index contributed by atoms with van der Waals surface area (Å²) < 4.78 is 1.96. The number of unbranched alkanes of at least 4 members (excludes halogenated alkanes) is 2. The zero-order valence-corrected chi connectivity index (χ0v) is 9.29. The predicted octanol–water partition coefficient (Wildman–Crippen LogP) is 1.74. The SMILES string of the molecule is CCNCCCCCc1ccnn1C. The fourth-order valence-electron chi connectivity index (χ4n) is 1.56. The molecule has 0 aromatic carbocycles. The Kier molecular flexibility index (Phi) is 5.30. The summed E-state index contributed by atoms with van der Waals surface area (Å²) in [7, 11) is 2.01. The van der Waals surface area contributed by atoms with Crippen LogP contribution in [0.4, 0.5) is 0 Å². The molecular formula is C11H21N3. The van der Waals surface area contributed by atoms with Gasteiger partial charge in [-0.2, -0.15) is 5.10 Å². The molecule has 1 heterocycles. The van der Waals surface area contributed by atoms with E-state index in [1.54, 1.807) is 0 Å². The molecule has 0 saturated carbocycles. The van der Waals surface area contributed by atoms with Crippen molar-refractivity contribution in [3.8, 4) is 0 Å². The van der Waals surface area contributed by atoms with E-state index in [1.807, 2.05) is 17.9 Å². The largest absolute Gasteiger partial charge is 0.317 e. The number of rotatable bonds is 7. The lowest BCUT2D eigenvalue weighted by Crippen LogP contribution is -2.13. The van der Waals surface area contributed by atoms with Gasteiger partial charge in [-0.1, -0.05) is 13.3 Å². The molecule has 0 atom stereocenters. The van der Waals surface area contributed by atoms with Crippen LogP contribution >= 0.6 is 0 Å². The monoisotopic (exact) mass is 195 g/mol. The Labute approximate surface area is 86.5 Å². The van der Waals surface area contributed by atoms with Crippen molar-refractivity contribution < 1.29 is 0 Å². The van der Waals surface area contributed by atoms with Crippen molar-refractivity contribution >= 4 is 0 Å². The summed E-state index contributed by atoms with van der Waals surface area (Å²) in [6, 6.07) is 2.10. The van der Waals surface area contributed by atoms with E-state index >= 15 is 0 Å². The van der Waals surface area contributed by atoms with Gasteiger partial charge in [0.1, 0.15) is 0 Å². The molecule has 1 N–H and O–H groups in total. The first-order valence-electron chi connectivity index (χ1n) is 5.52. The molecule has 0 spiro atoms. The highest BCUT2D eigenvalue weighted by atomic mass is 15.2. The van der Waals surface area contributed by atoms with Crippen molar-refractivity contribution in [1.29, 1.82) is 0 Å². The van der Waals surface area contributed by atoms with Crippen LogP contribution in [0.3, 0.4) is 0 Å². The lowest BCUT2D eigenvalue weighted by molar-refractivity contribution is 0.601. The summed E-state index contributed by atoms with van der Waals surface area (Å²) in [6.07, 6.45) is 6.88. The van der Waals surface area contributed by atoms with Crippen LogP contribution in [0.15, 0.2) is 12.3 Å². The number of aryl methyl sites for hydroxylation is 2. The van der Waals surface area contributed by atoms with Crippen LogP contribution < -0.4 is 5.32 Å². The molecule has 0 aliphatic rings. The first-order valence-corrected chi connectivity index (χ1v) is 5.52. The number of nitrogens with zero attached hydrogens (tertiary/aromatic N) is 2. The molecule has 1 aromatic rings. The molecule has 0 saturated heterocycles. The summed E-state index contributed by atoms with van der Waals surface area (Å²) in [6.45, 7) is 4.39. The molecule has 3 nitrogen and oxygen atoms in total. The average Bonchev–Trinajstić information content (AvgIpc) is 2.58. The van der Waals surface area contributed by atoms with Crippen molar-refractivity contribution in [1.82, 2.24) is 15.1 Å². The molecule has 3 heteroatoms. The van der Waals surface area contributed by atoms with Gasteiger partial charge in [-0.3, -0.25) is 4.68 Å². The van der Waals surface area contributed by atoms with Gasteiger partial charge in [0.2, 0.25) is 0 Å². The smallest absolute Gasteiger partial charge is 0.0492 e. The first kappa shape index (κ1) is 11.2. The van der Waals surface area contributed by atoms with Gasteiger partial charge in [0.05, 0.1) is 0 Å². The molecule has 0 unspecified atom stereocenters. The summed E-state index contributed by atoms with van der Waals surface area (Å²) in [5.41, 5.74) is 1.34. The van der Waals surface area contributed by atoms with E-state index < -0.39 is 0 Å². The van der Waals surface area contributed by atoms with Crippen LogP contribution in [-0.4, -0.2) is 22.9 Å². The normalized spacial score (nSPS) is 10.7. The van der Waals surface area contributed by atoms with Gasteiger partial charge < -0.3 is 5.32 Å². The van der Waals surface area contributed by atoms with Crippen molar-refractivity contribution in [2.75, 3.05) is 13.1 Å². The molecule has 0 amide bonds. The van der Waals surface area contributed by atoms with Gasteiger partial charge in [-0.25, -0.2) is 0 Å². The Morgan fingerprint density at radius 3 is 2.86 bits per heavy atom. The third kappa shape index (κ3) is 3.92. The summed E-state index contributed by atoms with van der Waals surface area (Å²) in [5, 5.41) is 7.49. The summed E-state index contributed by atoms with van der Waals surface area (Å²) >= 11 is 0. The van der Waals surface area contributed by atoms with Crippen molar-refractivity contribution in [2.24, 2.45) is 7.05 Å². The number of hydrogen-bond acceptors (Lipinski definition) is 2. The van der Waals surface area contributed by atoms with Crippen molar-refractivity contribution in [2.45, 2.75) is 32.6 Å². The zero-order chi connectivity index (χ0) is 10.2. The molecule has 1 aromatic heterocycles. The van der Waals surface area contributed by atoms with E-state index in [9.17, 15) is 0 Å². The minimum absolute atomic E-state index is 1.09. The molecule has 0 aliphatic heterocycles. The van der Waals surface area contributed by atoms with Gasteiger partial charge in [0.15, 0.2) is 0 Å². The highest BCUT2D eigenvalue weighted by molar-refractivity contribution is 4.99. The minimum Gasteiger partial charge on any atom is -0.317 e. The second-order valence-corrected chi connectivity index (χ2v) is 3.61. The Morgan fingerprint density at radius 1 is 1.36 bits per heavy atom. The van der Waals surface area contributed by atoms with E-state index in [-0.39, 0.29) is 0 Å². The molecular weight excluding hydrogens is 174 g/mol. The third-order valence-corrected chi connectivity index (χ3v) is 2.46. The Hall–Kier alpha value is -0.830. The van der Waals surface area contributed by atoms with Crippen molar-refractivity contribution in [3.63, 3.8) is 0 Å². The highest BCUT2D eigenvalue weighted by Gasteiger charge is 1.97. The van der Waals surface area contributed by atoms with Crippen LogP contribution in [0, 0.1) is 0 Å². The standard InChI is InChI=1S/C11H21N3/c1-3-12-9-6-4-5-7-11-8-10-13-14(11)2/h8,10,12H,3-7,9H2,1-2H3. The maximum absolute atomic E-state index is 4.15. The first-order chi connectivity index (χ1) is 6.84. The highest BCUT2D eigenvalue weighted by Crippen LogP contribution is 2.04. The fourth-order valence-corrected chi connectivity index (χ4v) is 1.56. The van der Waals surface area contributed by atoms with Crippen LogP contribution in [0.5, 0.6) is 0 Å². The lowest BCUT2D eigenvalue weighted by atomic mass is 10.1. The van der Waals surface area contributed by atoms with Crippen molar-refractivity contribution in [3.05, 3.63) is 18.0 Å². The molecule has 0 bridgehead atoms. The quantitative estimate of drug-likeness (QED) is 0.672. The minimum atomic E-state index is 1.09. The van der Waals surface area contributed by atoms with E-state index in [0.717, 1.165) is 19.5 Å². The zero-order valence-electron chi connectivity index (χ0n) is 9.29. The second-order valence-electron chi connectivity index (χ2n) is 3.61. The van der Waals surface area contributed by atoms with Gasteiger partial charge in [0, 0.05) is 18.9 Å². The molecule has 0 radical (unpaired) electrons. The fraction of sp³-hybridized carbons (Fsp3) is 0.727. The topological polar surface area (TPSA) is 29.9 Å². The Bertz CT molecular complexity index is 242. The number of nitrogens with one attached hydrogen (secondary N) is 1. The molecule has 14 heavy (non-hydrogen) atoms. The summed E-state index contributed by atoms with van der Waals surface area (Å²) in [5.74, 6) is 0. The number of aromatic nitrogens is 2. The Morgan fingerprint density at radius 2 is 2.21 bits per heavy atom. The molecule has 80 valence electrons. The van der Waals surface area contributed by atoms with Gasteiger partial charge in [-0.05, 0) is 38.4 Å². The van der Waals surface area contributed by atoms with E-state index in [1.165, 1.54) is 25.0 Å². The lowest BCUT2D eigenvalue weighted by Gasteiger charge is -2.02. The second kappa shape index (κ2) is 6.60. The van der Waals surface area contributed by atoms with Crippen LogP contribution in [0.25, 0.3) is 0 Å². The van der Waals surface area contributed by atoms with Gasteiger partial charge in [0.25, 0.3) is 0 Å². The number of hydrogen-bond donors (Lipinski definition) is 1. The summed E-state index contributed by atoms with van der Waals surface area (Å²) in [4.78, 5) is 0. The van der Waals surface area contributed by atoms with Crippen LogP contribution in [0.1, 0.15) is 31.9 Å². The predicted molar refractivity (Wildman–Crippen MR) is 59.3 cm³/mol. The third-order valence-electron chi connectivity index (χ3n) is 2.46. The van der Waals surface area contributed by atoms with Gasteiger partial charge in [-0.15, -0.1) is 0 Å². The van der Waals surface area contributed by atoms with E-state index in [2.05, 4.69) is 23.4 Å². The average molecular weight is 195 g/mol. The molecule has 1 rings (SSSR count). The van der Waals surface area contributed by atoms with Gasteiger partial charge >= 0.3 is 0 Å². The maximum Gasteiger partial charge on any atom is 0.0492 e. The van der Waals surface area contributed by atoms with Crippen LogP contribution in [-0.2, 0) is 13.5 Å². The molecule has 0 fully saturated rings. The Balaban J connectivity index is 2.02. The van der Waals surface area contributed by atoms with E-state index in [0.29, 0.717) is 0 Å². The van der Waals surface area contributed by atoms with Crippen LogP contribution in [0.2, 0.25) is 0 Å².